The van der Waals surface area contributed by atoms with Gasteiger partial charge in [0.2, 0.25) is 5.78 Å². The third-order valence-electron chi connectivity index (χ3n) is 9.47. The minimum absolute atomic E-state index is 0.0786. The Labute approximate surface area is 194 Å². The molecule has 2 N–H and O–H groups in total. The summed E-state index contributed by atoms with van der Waals surface area (Å²) in [5.41, 5.74) is -5.10. The van der Waals surface area contributed by atoms with Crippen LogP contribution in [0.3, 0.4) is 0 Å². The highest BCUT2D eigenvalue weighted by Crippen LogP contribution is 2.71. The van der Waals surface area contributed by atoms with Crippen LogP contribution in [0.15, 0.2) is 23.8 Å². The molecule has 0 aliphatic heterocycles. The van der Waals surface area contributed by atoms with Crippen molar-refractivity contribution in [3.63, 3.8) is 0 Å². The van der Waals surface area contributed by atoms with Crippen LogP contribution in [0.25, 0.3) is 0 Å². The minimum Gasteiger partial charge on any atom is -0.450 e. The molecule has 4 rings (SSSR count). The number of ketones is 2. The van der Waals surface area contributed by atoms with Crippen molar-refractivity contribution in [1.82, 2.24) is 0 Å². The van der Waals surface area contributed by atoms with Crippen LogP contribution in [0, 0.1) is 28.6 Å². The highest BCUT2D eigenvalue weighted by atomic mass is 19.1. The Morgan fingerprint density at radius 3 is 2.61 bits per heavy atom. The third-order valence-corrected chi connectivity index (χ3v) is 9.47. The second-order valence-electron chi connectivity index (χ2n) is 10.9. The number of carbonyl (C=O) groups excluding carboxylic acids is 3. The van der Waals surface area contributed by atoms with E-state index in [-0.39, 0.29) is 24.5 Å². The molecule has 8 atom stereocenters. The first-order chi connectivity index (χ1) is 15.4. The molecule has 0 aromatic heterocycles. The lowest BCUT2D eigenvalue weighted by Gasteiger charge is -2.62. The molecule has 0 unspecified atom stereocenters. The van der Waals surface area contributed by atoms with Crippen LogP contribution in [0.5, 0.6) is 0 Å². The first kappa shape index (κ1) is 24.3. The number of aliphatic hydroxyl groups is 2. The molecule has 6 nitrogen and oxygen atoms in total. The number of aliphatic hydroxyl groups excluding tert-OH is 2. The van der Waals surface area contributed by atoms with Gasteiger partial charge in [-0.2, -0.15) is 0 Å². The van der Waals surface area contributed by atoms with Crippen molar-refractivity contribution in [2.75, 3.05) is 6.61 Å². The lowest BCUT2D eigenvalue weighted by molar-refractivity contribution is -0.228. The van der Waals surface area contributed by atoms with Gasteiger partial charge < -0.3 is 14.9 Å². The van der Waals surface area contributed by atoms with Crippen molar-refractivity contribution >= 4 is 17.5 Å². The summed E-state index contributed by atoms with van der Waals surface area (Å²) in [6.45, 7) is 6.42. The molecule has 0 amide bonds. The number of ether oxygens (including phenoxy) is 1. The van der Waals surface area contributed by atoms with Gasteiger partial charge in [-0.15, -0.1) is 0 Å². The maximum Gasteiger partial charge on any atom is 0.306 e. The smallest absolute Gasteiger partial charge is 0.306 e. The first-order valence-corrected chi connectivity index (χ1v) is 12.1. The Morgan fingerprint density at radius 1 is 1.27 bits per heavy atom. The van der Waals surface area contributed by atoms with Crippen molar-refractivity contribution < 1.29 is 33.7 Å². The van der Waals surface area contributed by atoms with Crippen molar-refractivity contribution in [2.24, 2.45) is 28.6 Å². The predicted octanol–water partition coefficient (Wildman–Crippen LogP) is 3.25. The van der Waals surface area contributed by atoms with E-state index < -0.39 is 58.4 Å². The molecule has 182 valence electrons. The van der Waals surface area contributed by atoms with Crippen LogP contribution in [-0.4, -0.2) is 51.7 Å². The van der Waals surface area contributed by atoms with Crippen molar-refractivity contribution in [3.05, 3.63) is 23.8 Å². The van der Waals surface area contributed by atoms with E-state index in [0.29, 0.717) is 31.3 Å². The summed E-state index contributed by atoms with van der Waals surface area (Å²) in [6, 6.07) is 0. The van der Waals surface area contributed by atoms with Gasteiger partial charge in [0.15, 0.2) is 17.1 Å². The van der Waals surface area contributed by atoms with Gasteiger partial charge in [-0.1, -0.05) is 32.4 Å². The maximum atomic E-state index is 17.2. The molecule has 0 spiro atoms. The van der Waals surface area contributed by atoms with Crippen molar-refractivity contribution in [3.8, 4) is 0 Å². The fourth-order valence-corrected chi connectivity index (χ4v) is 7.95. The van der Waals surface area contributed by atoms with E-state index >= 15 is 4.39 Å². The highest BCUT2D eigenvalue weighted by molar-refractivity contribution is 6.01. The lowest BCUT2D eigenvalue weighted by Crippen LogP contribution is -2.70. The fourth-order valence-electron chi connectivity index (χ4n) is 7.95. The van der Waals surface area contributed by atoms with E-state index in [9.17, 15) is 24.6 Å². The Balaban J connectivity index is 1.83. The zero-order valence-electron chi connectivity index (χ0n) is 19.9. The topological polar surface area (TPSA) is 101 Å². The first-order valence-electron chi connectivity index (χ1n) is 12.1. The number of rotatable bonds is 5. The van der Waals surface area contributed by atoms with Gasteiger partial charge in [0.1, 0.15) is 6.61 Å². The number of carbonyl (C=O) groups is 3. The lowest BCUT2D eigenvalue weighted by atomic mass is 9.44. The maximum absolute atomic E-state index is 17.2. The Bertz CT molecular complexity index is 941. The van der Waals surface area contributed by atoms with Crippen LogP contribution in [-0.2, 0) is 19.1 Å². The number of hydrogen-bond acceptors (Lipinski definition) is 6. The zero-order valence-corrected chi connectivity index (χ0v) is 19.9. The van der Waals surface area contributed by atoms with Gasteiger partial charge in [-0.05, 0) is 57.1 Å². The van der Waals surface area contributed by atoms with Crippen LogP contribution in [0.4, 0.5) is 4.39 Å². The van der Waals surface area contributed by atoms with E-state index in [0.717, 1.165) is 0 Å². The number of hydrogen-bond donors (Lipinski definition) is 2. The van der Waals surface area contributed by atoms with Gasteiger partial charge >= 0.3 is 5.97 Å². The molecule has 4 aliphatic rings. The van der Waals surface area contributed by atoms with E-state index in [1.54, 1.807) is 13.0 Å². The largest absolute Gasteiger partial charge is 0.450 e. The Morgan fingerprint density at radius 2 is 1.97 bits per heavy atom. The molecule has 0 aromatic rings. The van der Waals surface area contributed by atoms with Gasteiger partial charge in [-0.3, -0.25) is 14.4 Å². The molecule has 0 heterocycles. The van der Waals surface area contributed by atoms with Crippen molar-refractivity contribution in [2.45, 2.75) is 83.6 Å². The number of halogens is 1. The number of alkyl halides is 1. The fraction of sp³-hybridized carbons (Fsp3) is 0.731. The van der Waals surface area contributed by atoms with Gasteiger partial charge in [0.05, 0.1) is 6.10 Å². The van der Waals surface area contributed by atoms with Gasteiger partial charge in [-0.25, -0.2) is 4.39 Å². The molecule has 0 aromatic carbocycles. The SMILES string of the molecule is CCCC(=O)O[C@]1(C(=O)CO)[C@@H](C)C[C@H]2[C@@H]3CCC4=CC(=O)C=C[C@]4(C)[C@@]3(F)[C@@H](O)C[C@@]21C. The number of esters is 1. The highest BCUT2D eigenvalue weighted by Gasteiger charge is 2.77. The van der Waals surface area contributed by atoms with Gasteiger partial charge in [0, 0.05) is 29.1 Å². The number of allylic oxidation sites excluding steroid dienone is 4. The second-order valence-corrected chi connectivity index (χ2v) is 10.9. The van der Waals surface area contributed by atoms with Crippen LogP contribution in [0.1, 0.15) is 66.2 Å². The van der Waals surface area contributed by atoms with E-state index in [1.807, 2.05) is 20.8 Å². The Kier molecular flexibility index (Phi) is 5.77. The summed E-state index contributed by atoms with van der Waals surface area (Å²) in [5, 5.41) is 21.3. The van der Waals surface area contributed by atoms with Crippen molar-refractivity contribution in [1.29, 1.82) is 0 Å². The van der Waals surface area contributed by atoms with E-state index in [4.69, 9.17) is 4.74 Å². The van der Waals surface area contributed by atoms with E-state index in [2.05, 4.69) is 0 Å². The second kappa shape index (κ2) is 7.84. The minimum atomic E-state index is -2.02. The summed E-state index contributed by atoms with van der Waals surface area (Å²) in [7, 11) is 0. The molecular weight excluding hydrogens is 427 g/mol. The molecule has 0 bridgehead atoms. The molecular formula is C26H35FO6. The standard InChI is InChI=1S/C26H35FO6/c1-5-6-22(32)33-26(21(31)14-28)15(2)11-19-18-8-7-16-12-17(29)9-10-23(16,3)25(18,27)20(30)13-24(19,26)4/h9-10,12,15,18-20,28,30H,5-8,11,13-14H2,1-4H3/t15-,18-,19-,20-,23-,24-,25-,26-/m0/s1. The molecule has 4 aliphatic carbocycles. The normalized spacial score (nSPS) is 46.2. The monoisotopic (exact) mass is 462 g/mol. The summed E-state index contributed by atoms with van der Waals surface area (Å²) in [5.74, 6) is -2.65. The summed E-state index contributed by atoms with van der Waals surface area (Å²) in [6.07, 6.45) is 5.02. The van der Waals surface area contributed by atoms with Crippen LogP contribution < -0.4 is 0 Å². The Hall–Kier alpha value is -1.86. The number of Topliss-reactive ketones (excluding diaryl/α,β-unsaturated/α-hetero) is 1. The van der Waals surface area contributed by atoms with Crippen LogP contribution >= 0.6 is 0 Å². The molecule has 7 heteroatoms. The van der Waals surface area contributed by atoms with E-state index in [1.165, 1.54) is 12.2 Å². The average Bonchev–Trinajstić information content (AvgIpc) is 2.97. The third kappa shape index (κ3) is 2.94. The molecule has 3 saturated carbocycles. The quantitative estimate of drug-likeness (QED) is 0.609. The average molecular weight is 463 g/mol. The summed E-state index contributed by atoms with van der Waals surface area (Å²) >= 11 is 0. The predicted molar refractivity (Wildman–Crippen MR) is 119 cm³/mol. The summed E-state index contributed by atoms with van der Waals surface area (Å²) < 4.78 is 23.1. The van der Waals surface area contributed by atoms with Gasteiger partial charge in [0.25, 0.3) is 0 Å². The number of fused-ring (bicyclic) bond motifs is 5. The molecule has 0 radical (unpaired) electrons. The molecule has 3 fully saturated rings. The summed E-state index contributed by atoms with van der Waals surface area (Å²) in [4.78, 5) is 37.9. The zero-order chi connectivity index (χ0) is 24.4. The molecule has 0 saturated heterocycles. The van der Waals surface area contributed by atoms with Crippen LogP contribution in [0.2, 0.25) is 0 Å². The molecule has 33 heavy (non-hydrogen) atoms.